The van der Waals surface area contributed by atoms with Gasteiger partial charge in [-0.2, -0.15) is 5.26 Å². The van der Waals surface area contributed by atoms with E-state index < -0.39 is 5.41 Å². The molecule has 20 heavy (non-hydrogen) atoms. The zero-order valence-corrected chi connectivity index (χ0v) is 11.1. The molecule has 0 spiro atoms. The van der Waals surface area contributed by atoms with Crippen molar-refractivity contribution in [1.29, 1.82) is 5.26 Å². The van der Waals surface area contributed by atoms with Crippen molar-refractivity contribution < 1.29 is 9.59 Å². The van der Waals surface area contributed by atoms with Crippen LogP contribution in [0.5, 0.6) is 0 Å². The lowest BCUT2D eigenvalue weighted by atomic mass is 9.69. The minimum absolute atomic E-state index is 0.231. The number of nitrogens with one attached hydrogen (secondary N) is 2. The summed E-state index contributed by atoms with van der Waals surface area (Å²) in [5.41, 5.74) is -0.362. The lowest BCUT2D eigenvalue weighted by molar-refractivity contribution is -0.131. The number of amides is 2. The first-order valence-corrected chi connectivity index (χ1v) is 6.56. The highest BCUT2D eigenvalue weighted by Crippen LogP contribution is 2.40. The van der Waals surface area contributed by atoms with Gasteiger partial charge in [0.15, 0.2) is 0 Å². The zero-order chi connectivity index (χ0) is 14.4. The second-order valence-electron chi connectivity index (χ2n) is 4.80. The molecule has 1 saturated carbocycles. The summed E-state index contributed by atoms with van der Waals surface area (Å²) in [5, 5.41) is 14.4. The quantitative estimate of drug-likeness (QED) is 0.768. The summed E-state index contributed by atoms with van der Waals surface area (Å²) in [6.07, 6.45) is 5.23. The summed E-state index contributed by atoms with van der Waals surface area (Å²) in [6, 6.07) is 5.43. The van der Waals surface area contributed by atoms with E-state index in [1.807, 2.05) is 0 Å². The summed E-state index contributed by atoms with van der Waals surface area (Å²) in [7, 11) is 0. The molecule has 1 aliphatic rings. The van der Waals surface area contributed by atoms with Gasteiger partial charge in [-0.05, 0) is 31.4 Å². The van der Waals surface area contributed by atoms with E-state index in [0.717, 1.165) is 6.42 Å². The summed E-state index contributed by atoms with van der Waals surface area (Å²) in [5.74, 6) is -0.465. The first kappa shape index (κ1) is 14.0. The maximum absolute atomic E-state index is 11.8. The lowest BCUT2D eigenvalue weighted by Crippen LogP contribution is -2.46. The number of nitrogens with zero attached hydrogens (tertiary/aromatic N) is 2. The molecule has 0 aliphatic heterocycles. The van der Waals surface area contributed by atoms with Crippen LogP contribution in [0.1, 0.15) is 29.6 Å². The molecule has 1 aliphatic carbocycles. The highest BCUT2D eigenvalue weighted by molar-refractivity contribution is 5.93. The van der Waals surface area contributed by atoms with Gasteiger partial charge in [-0.15, -0.1) is 0 Å². The van der Waals surface area contributed by atoms with Crippen LogP contribution in [-0.2, 0) is 4.79 Å². The number of hydrogen-bond acceptors (Lipinski definition) is 4. The molecular weight excluding hydrogens is 256 g/mol. The van der Waals surface area contributed by atoms with Gasteiger partial charge in [-0.25, -0.2) is 0 Å². The Bertz CT molecular complexity index is 532. The van der Waals surface area contributed by atoms with Crippen LogP contribution in [0.2, 0.25) is 0 Å². The molecule has 6 heteroatoms. The Morgan fingerprint density at radius 2 is 2.10 bits per heavy atom. The van der Waals surface area contributed by atoms with Crippen LogP contribution < -0.4 is 10.6 Å². The smallest absolute Gasteiger partial charge is 0.252 e. The topological polar surface area (TPSA) is 94.9 Å². The first-order chi connectivity index (χ1) is 9.68. The van der Waals surface area contributed by atoms with Gasteiger partial charge in [0, 0.05) is 25.5 Å². The van der Waals surface area contributed by atoms with Crippen molar-refractivity contribution in [3.8, 4) is 6.07 Å². The van der Waals surface area contributed by atoms with Gasteiger partial charge in [-0.3, -0.25) is 14.6 Å². The number of hydrogen-bond donors (Lipinski definition) is 2. The lowest BCUT2D eigenvalue weighted by Gasteiger charge is -2.33. The molecule has 2 rings (SSSR count). The monoisotopic (exact) mass is 272 g/mol. The molecule has 0 unspecified atom stereocenters. The number of pyridine rings is 1. The second-order valence-corrected chi connectivity index (χ2v) is 4.80. The van der Waals surface area contributed by atoms with Gasteiger partial charge in [0.1, 0.15) is 5.41 Å². The van der Waals surface area contributed by atoms with Gasteiger partial charge in [0.2, 0.25) is 5.91 Å². The molecule has 0 aromatic carbocycles. The van der Waals surface area contributed by atoms with Crippen molar-refractivity contribution in [3.05, 3.63) is 30.1 Å². The molecule has 0 atom stereocenters. The molecule has 1 heterocycles. The molecule has 2 amide bonds. The zero-order valence-electron chi connectivity index (χ0n) is 11.1. The van der Waals surface area contributed by atoms with Crippen molar-refractivity contribution in [2.24, 2.45) is 5.41 Å². The third kappa shape index (κ3) is 2.94. The summed E-state index contributed by atoms with van der Waals surface area (Å²) in [4.78, 5) is 27.4. The number of rotatable bonds is 5. The second kappa shape index (κ2) is 6.15. The van der Waals surface area contributed by atoms with Gasteiger partial charge in [-0.1, -0.05) is 0 Å². The molecule has 6 nitrogen and oxygen atoms in total. The van der Waals surface area contributed by atoms with Gasteiger partial charge < -0.3 is 10.6 Å². The van der Waals surface area contributed by atoms with E-state index in [-0.39, 0.29) is 11.8 Å². The maximum atomic E-state index is 11.8. The Morgan fingerprint density at radius 1 is 1.35 bits per heavy atom. The normalized spacial score (nSPS) is 15.6. The molecule has 0 radical (unpaired) electrons. The molecular formula is C14H16N4O2. The Kier molecular flexibility index (Phi) is 4.31. The van der Waals surface area contributed by atoms with Crippen LogP contribution in [0.25, 0.3) is 0 Å². The standard InChI is InChI=1S/C14H16N4O2/c15-10-14(4-2-5-14)13(20)18-8-7-17-12(19)11-3-1-6-16-9-11/h1,3,6,9H,2,4-5,7-8H2,(H,17,19)(H,18,20). The van der Waals surface area contributed by atoms with Crippen molar-refractivity contribution in [1.82, 2.24) is 15.6 Å². The van der Waals surface area contributed by atoms with E-state index in [4.69, 9.17) is 5.26 Å². The number of carbonyl (C=O) groups excluding carboxylic acids is 2. The average Bonchev–Trinajstić information content (AvgIpc) is 2.44. The van der Waals surface area contributed by atoms with Crippen molar-refractivity contribution in [3.63, 3.8) is 0 Å². The average molecular weight is 272 g/mol. The number of carbonyl (C=O) groups is 2. The highest BCUT2D eigenvalue weighted by Gasteiger charge is 2.44. The van der Waals surface area contributed by atoms with Crippen LogP contribution in [0.3, 0.4) is 0 Å². The largest absolute Gasteiger partial charge is 0.353 e. The maximum Gasteiger partial charge on any atom is 0.252 e. The van der Waals surface area contributed by atoms with E-state index in [1.54, 1.807) is 18.3 Å². The molecule has 104 valence electrons. The van der Waals surface area contributed by atoms with Crippen LogP contribution in [-0.4, -0.2) is 29.9 Å². The van der Waals surface area contributed by atoms with E-state index in [2.05, 4.69) is 21.7 Å². The van der Waals surface area contributed by atoms with E-state index in [0.29, 0.717) is 31.5 Å². The predicted molar refractivity (Wildman–Crippen MR) is 71.5 cm³/mol. The van der Waals surface area contributed by atoms with E-state index in [9.17, 15) is 9.59 Å². The van der Waals surface area contributed by atoms with E-state index in [1.165, 1.54) is 6.20 Å². The Balaban J connectivity index is 1.71. The highest BCUT2D eigenvalue weighted by atomic mass is 16.2. The fraction of sp³-hybridized carbons (Fsp3) is 0.429. The third-order valence-corrected chi connectivity index (χ3v) is 3.48. The van der Waals surface area contributed by atoms with Gasteiger partial charge in [0.25, 0.3) is 5.91 Å². The van der Waals surface area contributed by atoms with Crippen molar-refractivity contribution in [2.75, 3.05) is 13.1 Å². The minimum atomic E-state index is -0.840. The molecule has 0 bridgehead atoms. The van der Waals surface area contributed by atoms with Crippen LogP contribution in [0, 0.1) is 16.7 Å². The summed E-state index contributed by atoms with van der Waals surface area (Å²) >= 11 is 0. The molecule has 1 aromatic rings. The minimum Gasteiger partial charge on any atom is -0.353 e. The molecule has 0 saturated heterocycles. The van der Waals surface area contributed by atoms with Crippen molar-refractivity contribution >= 4 is 11.8 Å². The number of aromatic nitrogens is 1. The van der Waals surface area contributed by atoms with Crippen LogP contribution in [0.4, 0.5) is 0 Å². The Morgan fingerprint density at radius 3 is 2.65 bits per heavy atom. The molecule has 2 N–H and O–H groups in total. The predicted octanol–water partition coefficient (Wildman–Crippen LogP) is 0.621. The summed E-state index contributed by atoms with van der Waals surface area (Å²) < 4.78 is 0. The molecule has 1 aromatic heterocycles. The van der Waals surface area contributed by atoms with Gasteiger partial charge >= 0.3 is 0 Å². The fourth-order valence-electron chi connectivity index (χ4n) is 2.04. The first-order valence-electron chi connectivity index (χ1n) is 6.56. The van der Waals surface area contributed by atoms with Crippen molar-refractivity contribution in [2.45, 2.75) is 19.3 Å². The van der Waals surface area contributed by atoms with Crippen LogP contribution in [0.15, 0.2) is 24.5 Å². The Hall–Kier alpha value is -2.42. The SMILES string of the molecule is N#CC1(C(=O)NCCNC(=O)c2cccnc2)CCC1. The van der Waals surface area contributed by atoms with Crippen LogP contribution >= 0.6 is 0 Å². The third-order valence-electron chi connectivity index (χ3n) is 3.48. The Labute approximate surface area is 117 Å². The molecule has 1 fully saturated rings. The fourth-order valence-corrected chi connectivity index (χ4v) is 2.04. The summed E-state index contributed by atoms with van der Waals surface area (Å²) in [6.45, 7) is 0.634. The van der Waals surface area contributed by atoms with Gasteiger partial charge in [0.05, 0.1) is 11.6 Å². The number of nitriles is 1. The van der Waals surface area contributed by atoms with E-state index >= 15 is 0 Å².